The Labute approximate surface area is 115 Å². The molecule has 1 aliphatic heterocycles. The second-order valence-electron chi connectivity index (χ2n) is 5.24. The van der Waals surface area contributed by atoms with Gasteiger partial charge in [-0.3, -0.25) is 0 Å². The highest BCUT2D eigenvalue weighted by atomic mass is 15.2. The van der Waals surface area contributed by atoms with Gasteiger partial charge in [0.2, 0.25) is 5.95 Å². The fourth-order valence-electron chi connectivity index (χ4n) is 2.53. The first-order valence-corrected chi connectivity index (χ1v) is 7.36. The van der Waals surface area contributed by atoms with Crippen LogP contribution in [0.4, 0.5) is 17.6 Å². The van der Waals surface area contributed by atoms with Crippen LogP contribution in [-0.2, 0) is 0 Å². The van der Waals surface area contributed by atoms with Gasteiger partial charge in [0.15, 0.2) is 0 Å². The Kier molecular flexibility index (Phi) is 4.82. The van der Waals surface area contributed by atoms with E-state index in [1.54, 1.807) is 0 Å². The van der Waals surface area contributed by atoms with Gasteiger partial charge in [0.25, 0.3) is 0 Å². The van der Waals surface area contributed by atoms with Crippen LogP contribution in [0.5, 0.6) is 0 Å². The third kappa shape index (κ3) is 3.72. The molecule has 0 bridgehead atoms. The van der Waals surface area contributed by atoms with Crippen molar-refractivity contribution in [3.63, 3.8) is 0 Å². The molecule has 2 heterocycles. The van der Waals surface area contributed by atoms with Gasteiger partial charge in [0.05, 0.1) is 0 Å². The molecule has 0 atom stereocenters. The van der Waals surface area contributed by atoms with Crippen molar-refractivity contribution in [1.29, 1.82) is 0 Å². The lowest BCUT2D eigenvalue weighted by Crippen LogP contribution is -2.34. The number of nitrogens with two attached hydrogens (primary N) is 1. The lowest BCUT2D eigenvalue weighted by atomic mass is 9.94. The monoisotopic (exact) mass is 263 g/mol. The van der Waals surface area contributed by atoms with Crippen LogP contribution < -0.4 is 16.0 Å². The van der Waals surface area contributed by atoms with Crippen LogP contribution >= 0.6 is 0 Å². The Hall–Kier alpha value is -1.52. The summed E-state index contributed by atoms with van der Waals surface area (Å²) in [6.45, 7) is 7.46. The normalized spacial score (nSPS) is 16.6. The molecule has 106 valence electrons. The molecule has 5 heteroatoms. The first kappa shape index (κ1) is 13.9. The number of nitrogens with one attached hydrogen (secondary N) is 1. The van der Waals surface area contributed by atoms with E-state index in [0.29, 0.717) is 5.95 Å². The molecule has 1 aliphatic rings. The van der Waals surface area contributed by atoms with Crippen LogP contribution in [0.25, 0.3) is 0 Å². The number of hydrogen-bond acceptors (Lipinski definition) is 5. The first-order chi connectivity index (χ1) is 9.22. The average Bonchev–Trinajstić information content (AvgIpc) is 2.44. The van der Waals surface area contributed by atoms with E-state index in [-0.39, 0.29) is 0 Å². The van der Waals surface area contributed by atoms with Gasteiger partial charge in [-0.05, 0) is 25.2 Å². The lowest BCUT2D eigenvalue weighted by molar-refractivity contribution is 0.394. The first-order valence-electron chi connectivity index (χ1n) is 7.36. The fourth-order valence-corrected chi connectivity index (χ4v) is 2.53. The number of nitrogens with zero attached hydrogens (tertiary/aromatic N) is 3. The molecule has 1 aromatic heterocycles. The van der Waals surface area contributed by atoms with Crippen molar-refractivity contribution in [3.8, 4) is 0 Å². The van der Waals surface area contributed by atoms with Crippen molar-refractivity contribution in [2.24, 2.45) is 5.92 Å². The van der Waals surface area contributed by atoms with Crippen molar-refractivity contribution in [2.75, 3.05) is 35.6 Å². The summed E-state index contributed by atoms with van der Waals surface area (Å²) in [5.41, 5.74) is 5.80. The maximum Gasteiger partial charge on any atom is 0.223 e. The third-order valence-corrected chi connectivity index (χ3v) is 3.80. The molecule has 0 unspecified atom stereocenters. The third-order valence-electron chi connectivity index (χ3n) is 3.80. The van der Waals surface area contributed by atoms with Crippen LogP contribution in [0.3, 0.4) is 0 Å². The SMILES string of the molecule is CCCNc1cc(N2CCC(CC)CC2)nc(N)n1. The van der Waals surface area contributed by atoms with Crippen LogP contribution in [0.1, 0.15) is 39.5 Å². The van der Waals surface area contributed by atoms with E-state index >= 15 is 0 Å². The van der Waals surface area contributed by atoms with E-state index in [9.17, 15) is 0 Å². The van der Waals surface area contributed by atoms with Gasteiger partial charge >= 0.3 is 0 Å². The van der Waals surface area contributed by atoms with E-state index < -0.39 is 0 Å². The maximum atomic E-state index is 5.80. The fraction of sp³-hybridized carbons (Fsp3) is 0.714. The van der Waals surface area contributed by atoms with Gasteiger partial charge in [-0.1, -0.05) is 20.3 Å². The van der Waals surface area contributed by atoms with Gasteiger partial charge in [0, 0.05) is 25.7 Å². The minimum atomic E-state index is 0.355. The average molecular weight is 263 g/mol. The van der Waals surface area contributed by atoms with Crippen LogP contribution in [-0.4, -0.2) is 29.6 Å². The van der Waals surface area contributed by atoms with Gasteiger partial charge in [-0.2, -0.15) is 9.97 Å². The van der Waals surface area contributed by atoms with E-state index in [0.717, 1.165) is 43.6 Å². The second-order valence-corrected chi connectivity index (χ2v) is 5.24. The zero-order chi connectivity index (χ0) is 13.7. The zero-order valence-electron chi connectivity index (χ0n) is 12.0. The molecule has 0 radical (unpaired) electrons. The second kappa shape index (κ2) is 6.59. The molecule has 1 saturated heterocycles. The number of aromatic nitrogens is 2. The largest absolute Gasteiger partial charge is 0.370 e. The molecular weight excluding hydrogens is 238 g/mol. The highest BCUT2D eigenvalue weighted by molar-refractivity contribution is 5.52. The Morgan fingerprint density at radius 3 is 2.68 bits per heavy atom. The Bertz CT molecular complexity index is 399. The predicted molar refractivity (Wildman–Crippen MR) is 80.5 cm³/mol. The quantitative estimate of drug-likeness (QED) is 0.854. The Balaban J connectivity index is 2.05. The molecule has 2 rings (SSSR count). The molecule has 3 N–H and O–H groups in total. The summed E-state index contributed by atoms with van der Waals surface area (Å²) in [5, 5.41) is 3.28. The summed E-state index contributed by atoms with van der Waals surface area (Å²) in [5.74, 6) is 3.02. The highest BCUT2D eigenvalue weighted by Gasteiger charge is 2.19. The highest BCUT2D eigenvalue weighted by Crippen LogP contribution is 2.25. The van der Waals surface area contributed by atoms with Crippen molar-refractivity contribution < 1.29 is 0 Å². The lowest BCUT2D eigenvalue weighted by Gasteiger charge is -2.32. The van der Waals surface area contributed by atoms with Crippen molar-refractivity contribution in [1.82, 2.24) is 9.97 Å². The van der Waals surface area contributed by atoms with Gasteiger partial charge < -0.3 is 16.0 Å². The number of anilines is 3. The summed E-state index contributed by atoms with van der Waals surface area (Å²) in [4.78, 5) is 10.9. The number of piperidine rings is 1. The smallest absolute Gasteiger partial charge is 0.223 e. The van der Waals surface area contributed by atoms with Crippen LogP contribution in [0, 0.1) is 5.92 Å². The molecule has 19 heavy (non-hydrogen) atoms. The molecule has 0 aromatic carbocycles. The maximum absolute atomic E-state index is 5.80. The summed E-state index contributed by atoms with van der Waals surface area (Å²) < 4.78 is 0. The zero-order valence-corrected chi connectivity index (χ0v) is 12.0. The van der Waals surface area contributed by atoms with E-state index in [1.807, 2.05) is 6.07 Å². The van der Waals surface area contributed by atoms with Gasteiger partial charge in [-0.15, -0.1) is 0 Å². The molecular formula is C14H25N5. The molecule has 5 nitrogen and oxygen atoms in total. The van der Waals surface area contributed by atoms with Crippen LogP contribution in [0.15, 0.2) is 6.07 Å². The van der Waals surface area contributed by atoms with Crippen molar-refractivity contribution >= 4 is 17.6 Å². The van der Waals surface area contributed by atoms with Crippen LogP contribution in [0.2, 0.25) is 0 Å². The van der Waals surface area contributed by atoms with E-state index in [2.05, 4.69) is 34.0 Å². The summed E-state index contributed by atoms with van der Waals surface area (Å²) >= 11 is 0. The molecule has 1 aromatic rings. The molecule has 0 amide bonds. The molecule has 0 saturated carbocycles. The summed E-state index contributed by atoms with van der Waals surface area (Å²) in [6.07, 6.45) is 4.85. The minimum absolute atomic E-state index is 0.355. The van der Waals surface area contributed by atoms with E-state index in [4.69, 9.17) is 5.73 Å². The number of nitrogen functional groups attached to an aromatic ring is 1. The molecule has 0 aliphatic carbocycles. The van der Waals surface area contributed by atoms with Crippen molar-refractivity contribution in [2.45, 2.75) is 39.5 Å². The van der Waals surface area contributed by atoms with Crippen molar-refractivity contribution in [3.05, 3.63) is 6.07 Å². The topological polar surface area (TPSA) is 67.1 Å². The number of rotatable bonds is 5. The Morgan fingerprint density at radius 2 is 2.05 bits per heavy atom. The van der Waals surface area contributed by atoms with Gasteiger partial charge in [0.1, 0.15) is 11.6 Å². The summed E-state index contributed by atoms with van der Waals surface area (Å²) in [7, 11) is 0. The Morgan fingerprint density at radius 1 is 1.32 bits per heavy atom. The number of hydrogen-bond donors (Lipinski definition) is 2. The minimum Gasteiger partial charge on any atom is -0.370 e. The molecule has 1 fully saturated rings. The summed E-state index contributed by atoms with van der Waals surface area (Å²) in [6, 6.07) is 2.01. The standard InChI is InChI=1S/C14H25N5/c1-3-7-16-12-10-13(18-14(15)17-12)19-8-5-11(4-2)6-9-19/h10-11H,3-9H2,1-2H3,(H3,15,16,17,18). The van der Waals surface area contributed by atoms with E-state index in [1.165, 1.54) is 19.3 Å². The predicted octanol–water partition coefficient (Wildman–Crippen LogP) is 2.51. The van der Waals surface area contributed by atoms with Gasteiger partial charge in [-0.25, -0.2) is 0 Å². The molecule has 0 spiro atoms.